The zero-order valence-electron chi connectivity index (χ0n) is 12.2. The van der Waals surface area contributed by atoms with E-state index in [1.807, 2.05) is 12.1 Å². The number of rotatable bonds is 3. The molecule has 2 aromatic carbocycles. The van der Waals surface area contributed by atoms with E-state index < -0.39 is 0 Å². The summed E-state index contributed by atoms with van der Waals surface area (Å²) in [6, 6.07) is 14.6. The summed E-state index contributed by atoms with van der Waals surface area (Å²) in [5, 5.41) is 7.09. The number of hydrogen-bond donors (Lipinski definition) is 2. The van der Waals surface area contributed by atoms with Crippen LogP contribution in [0, 0.1) is 13.8 Å². The second-order valence-corrected chi connectivity index (χ2v) is 5.36. The van der Waals surface area contributed by atoms with Crippen molar-refractivity contribution >= 4 is 28.7 Å². The Morgan fingerprint density at radius 2 is 1.85 bits per heavy atom. The minimum atomic E-state index is 0.616. The Morgan fingerprint density at radius 3 is 2.55 bits per heavy atom. The van der Waals surface area contributed by atoms with Crippen LogP contribution in [-0.2, 0) is 6.42 Å². The highest BCUT2D eigenvalue weighted by molar-refractivity contribution is 7.80. The summed E-state index contributed by atoms with van der Waals surface area (Å²) in [7, 11) is 0. The van der Waals surface area contributed by atoms with Crippen molar-refractivity contribution in [2.75, 3.05) is 10.6 Å². The third-order valence-electron chi connectivity index (χ3n) is 3.22. The van der Waals surface area contributed by atoms with Crippen molar-refractivity contribution in [1.29, 1.82) is 0 Å². The maximum atomic E-state index is 5.37. The van der Waals surface area contributed by atoms with Crippen LogP contribution in [0.1, 0.15) is 23.6 Å². The van der Waals surface area contributed by atoms with Crippen molar-refractivity contribution in [1.82, 2.24) is 0 Å². The Labute approximate surface area is 126 Å². The molecule has 0 fully saturated rings. The smallest absolute Gasteiger partial charge is 0.175 e. The number of thiocarbonyl (C=S) groups is 1. The molecule has 0 radical (unpaired) electrons. The Kier molecular flexibility index (Phi) is 4.74. The molecule has 2 nitrogen and oxygen atoms in total. The van der Waals surface area contributed by atoms with Gasteiger partial charge < -0.3 is 10.6 Å². The molecule has 20 heavy (non-hydrogen) atoms. The lowest BCUT2D eigenvalue weighted by Crippen LogP contribution is -2.19. The van der Waals surface area contributed by atoms with Gasteiger partial charge in [0, 0.05) is 11.4 Å². The molecule has 0 aromatic heterocycles. The van der Waals surface area contributed by atoms with Gasteiger partial charge in [-0.25, -0.2) is 0 Å². The van der Waals surface area contributed by atoms with Crippen molar-refractivity contribution in [3.63, 3.8) is 0 Å². The summed E-state index contributed by atoms with van der Waals surface area (Å²) in [5.74, 6) is 0. The normalized spacial score (nSPS) is 10.2. The molecule has 0 saturated carbocycles. The number of aryl methyl sites for hydroxylation is 3. The Bertz CT molecular complexity index is 620. The van der Waals surface area contributed by atoms with Gasteiger partial charge >= 0.3 is 0 Å². The van der Waals surface area contributed by atoms with E-state index >= 15 is 0 Å². The molecule has 2 N–H and O–H groups in total. The lowest BCUT2D eigenvalue weighted by Gasteiger charge is -2.13. The quantitative estimate of drug-likeness (QED) is 0.801. The average Bonchev–Trinajstić information content (AvgIpc) is 2.42. The van der Waals surface area contributed by atoms with Gasteiger partial charge in [-0.15, -0.1) is 0 Å². The summed E-state index contributed by atoms with van der Waals surface area (Å²) in [6.45, 7) is 6.31. The van der Waals surface area contributed by atoms with Gasteiger partial charge in [-0.1, -0.05) is 36.8 Å². The van der Waals surface area contributed by atoms with Crippen molar-refractivity contribution in [2.24, 2.45) is 0 Å². The van der Waals surface area contributed by atoms with Crippen LogP contribution in [-0.4, -0.2) is 5.11 Å². The Balaban J connectivity index is 2.05. The fourth-order valence-electron chi connectivity index (χ4n) is 2.11. The maximum absolute atomic E-state index is 5.37. The molecule has 2 aromatic rings. The molecule has 0 amide bonds. The summed E-state index contributed by atoms with van der Waals surface area (Å²) in [4.78, 5) is 0. The number of anilines is 2. The first-order chi connectivity index (χ1) is 9.58. The van der Waals surface area contributed by atoms with Crippen molar-refractivity contribution in [3.8, 4) is 0 Å². The van der Waals surface area contributed by atoms with Gasteiger partial charge in [0.15, 0.2) is 5.11 Å². The molecule has 0 aliphatic heterocycles. The molecule has 0 spiro atoms. The third-order valence-corrected chi connectivity index (χ3v) is 3.43. The first-order valence-electron chi connectivity index (χ1n) is 6.82. The van der Waals surface area contributed by atoms with Crippen LogP contribution in [0.25, 0.3) is 0 Å². The molecule has 0 unspecified atom stereocenters. The first kappa shape index (κ1) is 14.5. The molecule has 0 heterocycles. The third kappa shape index (κ3) is 3.81. The fourth-order valence-corrected chi connectivity index (χ4v) is 2.34. The van der Waals surface area contributed by atoms with Gasteiger partial charge in [-0.2, -0.15) is 0 Å². The van der Waals surface area contributed by atoms with Crippen LogP contribution in [0.3, 0.4) is 0 Å². The van der Waals surface area contributed by atoms with Crippen LogP contribution in [0.4, 0.5) is 11.4 Å². The van der Waals surface area contributed by atoms with Crippen LogP contribution >= 0.6 is 12.2 Å². The molecule has 2 rings (SSSR count). The summed E-state index contributed by atoms with van der Waals surface area (Å²) >= 11 is 5.37. The molecular weight excluding hydrogens is 264 g/mol. The minimum Gasteiger partial charge on any atom is -0.332 e. The highest BCUT2D eigenvalue weighted by Crippen LogP contribution is 2.17. The van der Waals surface area contributed by atoms with Gasteiger partial charge in [0.25, 0.3) is 0 Å². The van der Waals surface area contributed by atoms with E-state index in [1.165, 1.54) is 16.7 Å². The lowest BCUT2D eigenvalue weighted by atomic mass is 10.1. The second-order valence-electron chi connectivity index (χ2n) is 4.95. The number of hydrogen-bond acceptors (Lipinski definition) is 1. The lowest BCUT2D eigenvalue weighted by molar-refractivity contribution is 1.14. The number of benzene rings is 2. The van der Waals surface area contributed by atoms with Gasteiger partial charge in [0.05, 0.1) is 0 Å². The molecule has 0 aliphatic rings. The van der Waals surface area contributed by atoms with E-state index in [-0.39, 0.29) is 0 Å². The average molecular weight is 284 g/mol. The molecular formula is C17H20N2S. The van der Waals surface area contributed by atoms with E-state index in [0.717, 1.165) is 17.8 Å². The summed E-state index contributed by atoms with van der Waals surface area (Å²) in [6.07, 6.45) is 1.02. The molecule has 0 bridgehead atoms. The van der Waals surface area contributed by atoms with Crippen LogP contribution in [0.15, 0.2) is 42.5 Å². The van der Waals surface area contributed by atoms with E-state index in [4.69, 9.17) is 12.2 Å². The van der Waals surface area contributed by atoms with E-state index in [0.29, 0.717) is 5.11 Å². The van der Waals surface area contributed by atoms with E-state index in [2.05, 4.69) is 61.7 Å². The SMILES string of the molecule is CCc1cccc(NC(=S)Nc2ccc(C)cc2C)c1. The van der Waals surface area contributed by atoms with E-state index in [9.17, 15) is 0 Å². The van der Waals surface area contributed by atoms with Gasteiger partial charge in [-0.3, -0.25) is 0 Å². The van der Waals surface area contributed by atoms with Crippen LogP contribution in [0.2, 0.25) is 0 Å². The monoisotopic (exact) mass is 284 g/mol. The standard InChI is InChI=1S/C17H20N2S/c1-4-14-6-5-7-15(11-14)18-17(20)19-16-9-8-12(2)10-13(16)3/h5-11H,4H2,1-3H3,(H2,18,19,20). The molecule has 0 atom stereocenters. The molecule has 3 heteroatoms. The number of nitrogens with one attached hydrogen (secondary N) is 2. The highest BCUT2D eigenvalue weighted by atomic mass is 32.1. The van der Waals surface area contributed by atoms with Crippen LogP contribution in [0.5, 0.6) is 0 Å². The minimum absolute atomic E-state index is 0.616. The Morgan fingerprint density at radius 1 is 1.05 bits per heavy atom. The van der Waals surface area contributed by atoms with Crippen molar-refractivity contribution in [2.45, 2.75) is 27.2 Å². The van der Waals surface area contributed by atoms with Crippen LogP contribution < -0.4 is 10.6 Å². The maximum Gasteiger partial charge on any atom is 0.175 e. The fraction of sp³-hybridized carbons (Fsp3) is 0.235. The summed E-state index contributed by atoms with van der Waals surface area (Å²) in [5.41, 5.74) is 5.80. The zero-order valence-corrected chi connectivity index (χ0v) is 13.0. The molecule has 0 saturated heterocycles. The first-order valence-corrected chi connectivity index (χ1v) is 7.23. The summed E-state index contributed by atoms with van der Waals surface area (Å²) < 4.78 is 0. The Hall–Kier alpha value is -1.87. The van der Waals surface area contributed by atoms with Gasteiger partial charge in [0.1, 0.15) is 0 Å². The van der Waals surface area contributed by atoms with E-state index in [1.54, 1.807) is 0 Å². The van der Waals surface area contributed by atoms with Crippen molar-refractivity contribution < 1.29 is 0 Å². The largest absolute Gasteiger partial charge is 0.332 e. The van der Waals surface area contributed by atoms with Gasteiger partial charge in [0.2, 0.25) is 0 Å². The molecule has 0 aliphatic carbocycles. The molecule has 104 valence electrons. The predicted octanol–water partition coefficient (Wildman–Crippen LogP) is 4.67. The van der Waals surface area contributed by atoms with Crippen molar-refractivity contribution in [3.05, 3.63) is 59.2 Å². The highest BCUT2D eigenvalue weighted by Gasteiger charge is 2.02. The predicted molar refractivity (Wildman–Crippen MR) is 91.6 cm³/mol. The second kappa shape index (κ2) is 6.53. The topological polar surface area (TPSA) is 24.1 Å². The zero-order chi connectivity index (χ0) is 14.5. The van der Waals surface area contributed by atoms with Gasteiger partial charge in [-0.05, 0) is 61.8 Å².